The highest BCUT2D eigenvalue weighted by Crippen LogP contribution is 2.25. The Bertz CT molecular complexity index is 564. The number of hydrogen-bond donors (Lipinski definition) is 1. The maximum Gasteiger partial charge on any atom is 0.138 e. The lowest BCUT2D eigenvalue weighted by molar-refractivity contribution is 0.241. The minimum Gasteiger partial charge on any atom is -0.489 e. The Labute approximate surface area is 127 Å². The van der Waals surface area contributed by atoms with E-state index < -0.39 is 0 Å². The van der Waals surface area contributed by atoms with E-state index in [4.69, 9.17) is 4.74 Å². The first-order valence-electron chi connectivity index (χ1n) is 7.51. The Kier molecular flexibility index (Phi) is 5.34. The molecule has 0 spiro atoms. The monoisotopic (exact) mass is 284 g/mol. The highest BCUT2D eigenvalue weighted by molar-refractivity contribution is 5.35. The Morgan fingerprint density at radius 2 is 1.81 bits per heavy atom. The van der Waals surface area contributed by atoms with Crippen molar-refractivity contribution in [3.05, 3.63) is 59.4 Å². The maximum absolute atomic E-state index is 5.75. The van der Waals surface area contributed by atoms with Crippen LogP contribution in [0.15, 0.2) is 42.7 Å². The van der Waals surface area contributed by atoms with Gasteiger partial charge in [-0.25, -0.2) is 0 Å². The average molecular weight is 284 g/mol. The van der Waals surface area contributed by atoms with Crippen LogP contribution < -0.4 is 10.1 Å². The van der Waals surface area contributed by atoms with Crippen LogP contribution in [0.5, 0.6) is 5.75 Å². The van der Waals surface area contributed by atoms with Gasteiger partial charge in [0.05, 0.1) is 18.3 Å². The molecule has 1 atom stereocenters. The Morgan fingerprint density at radius 1 is 1.10 bits per heavy atom. The van der Waals surface area contributed by atoms with Gasteiger partial charge in [0, 0.05) is 6.20 Å². The molecule has 0 saturated heterocycles. The Balaban J connectivity index is 2.31. The van der Waals surface area contributed by atoms with Crippen LogP contribution in [-0.2, 0) is 0 Å². The van der Waals surface area contributed by atoms with Gasteiger partial charge in [-0.05, 0) is 44.5 Å². The lowest BCUT2D eigenvalue weighted by Gasteiger charge is -2.20. The summed E-state index contributed by atoms with van der Waals surface area (Å²) in [6.07, 6.45) is 3.82. The van der Waals surface area contributed by atoms with Crippen LogP contribution in [0, 0.1) is 6.92 Å². The Morgan fingerprint density at radius 3 is 2.43 bits per heavy atom. The molecule has 2 aromatic rings. The molecule has 1 heterocycles. The second-order valence-electron chi connectivity index (χ2n) is 5.52. The molecule has 1 aromatic heterocycles. The van der Waals surface area contributed by atoms with Gasteiger partial charge < -0.3 is 10.1 Å². The second-order valence-corrected chi connectivity index (χ2v) is 5.52. The highest BCUT2D eigenvalue weighted by Gasteiger charge is 2.14. The minimum absolute atomic E-state index is 0.138. The van der Waals surface area contributed by atoms with Crippen molar-refractivity contribution in [1.82, 2.24) is 10.3 Å². The van der Waals surface area contributed by atoms with Crippen LogP contribution in [0.2, 0.25) is 0 Å². The molecule has 0 bridgehead atoms. The molecule has 0 fully saturated rings. The zero-order chi connectivity index (χ0) is 15.2. The van der Waals surface area contributed by atoms with Crippen molar-refractivity contribution in [2.24, 2.45) is 0 Å². The van der Waals surface area contributed by atoms with Gasteiger partial charge in [-0.1, -0.05) is 36.8 Å². The van der Waals surface area contributed by atoms with Crippen LogP contribution in [0.4, 0.5) is 0 Å². The van der Waals surface area contributed by atoms with Crippen LogP contribution in [0.3, 0.4) is 0 Å². The molecule has 0 amide bonds. The van der Waals surface area contributed by atoms with Gasteiger partial charge in [0.2, 0.25) is 0 Å². The van der Waals surface area contributed by atoms with Gasteiger partial charge in [-0.15, -0.1) is 0 Å². The molecule has 3 heteroatoms. The van der Waals surface area contributed by atoms with Crippen molar-refractivity contribution in [3.63, 3.8) is 0 Å². The molecule has 1 aromatic carbocycles. The molecule has 0 radical (unpaired) electrons. The van der Waals surface area contributed by atoms with Crippen molar-refractivity contribution in [3.8, 4) is 5.75 Å². The smallest absolute Gasteiger partial charge is 0.138 e. The first-order valence-corrected chi connectivity index (χ1v) is 7.51. The molecule has 2 rings (SSSR count). The van der Waals surface area contributed by atoms with Crippen LogP contribution in [0.25, 0.3) is 0 Å². The third-order valence-electron chi connectivity index (χ3n) is 3.26. The largest absolute Gasteiger partial charge is 0.489 e. The highest BCUT2D eigenvalue weighted by atomic mass is 16.5. The van der Waals surface area contributed by atoms with Crippen LogP contribution in [-0.4, -0.2) is 17.6 Å². The number of nitrogens with zero attached hydrogens (tertiary/aromatic N) is 1. The van der Waals surface area contributed by atoms with Crippen LogP contribution in [0.1, 0.15) is 43.5 Å². The number of aryl methyl sites for hydroxylation is 1. The molecule has 0 saturated carbocycles. The molecule has 0 aliphatic rings. The van der Waals surface area contributed by atoms with E-state index in [-0.39, 0.29) is 12.1 Å². The molecular weight excluding hydrogens is 260 g/mol. The molecular formula is C18H24N2O. The summed E-state index contributed by atoms with van der Waals surface area (Å²) in [6.45, 7) is 9.16. The number of nitrogens with one attached hydrogen (secondary N) is 1. The van der Waals surface area contributed by atoms with Gasteiger partial charge in [-0.3, -0.25) is 4.98 Å². The standard InChI is InChI=1S/C18H24N2O/c1-5-20-18(15-8-6-14(4)7-9-15)16-10-17(12-19-11-16)21-13(2)3/h6-13,18,20H,5H2,1-4H3. The quantitative estimate of drug-likeness (QED) is 0.874. The fourth-order valence-corrected chi connectivity index (χ4v) is 2.32. The third kappa shape index (κ3) is 4.30. The van der Waals surface area contributed by atoms with E-state index >= 15 is 0 Å². The number of aromatic nitrogens is 1. The Hall–Kier alpha value is -1.87. The number of benzene rings is 1. The fourth-order valence-electron chi connectivity index (χ4n) is 2.32. The molecule has 112 valence electrons. The maximum atomic E-state index is 5.75. The summed E-state index contributed by atoms with van der Waals surface area (Å²) < 4.78 is 5.75. The fraction of sp³-hybridized carbons (Fsp3) is 0.389. The van der Waals surface area contributed by atoms with Crippen molar-refractivity contribution in [2.45, 2.75) is 39.8 Å². The SMILES string of the molecule is CCNC(c1ccc(C)cc1)c1cncc(OC(C)C)c1. The van der Waals surface area contributed by atoms with Crippen molar-refractivity contribution in [1.29, 1.82) is 0 Å². The summed E-state index contributed by atoms with van der Waals surface area (Å²) in [5.74, 6) is 0.817. The zero-order valence-corrected chi connectivity index (χ0v) is 13.3. The number of rotatable bonds is 6. The third-order valence-corrected chi connectivity index (χ3v) is 3.26. The van der Waals surface area contributed by atoms with E-state index in [1.54, 1.807) is 6.20 Å². The lowest BCUT2D eigenvalue weighted by Crippen LogP contribution is -2.22. The van der Waals surface area contributed by atoms with E-state index in [0.29, 0.717) is 0 Å². The summed E-state index contributed by atoms with van der Waals surface area (Å²) in [4.78, 5) is 4.32. The predicted octanol–water partition coefficient (Wildman–Crippen LogP) is 3.88. The van der Waals surface area contributed by atoms with Gasteiger partial charge in [0.15, 0.2) is 0 Å². The van der Waals surface area contributed by atoms with E-state index in [2.05, 4.69) is 54.5 Å². The predicted molar refractivity (Wildman–Crippen MR) is 86.7 cm³/mol. The van der Waals surface area contributed by atoms with Crippen molar-refractivity contribution >= 4 is 0 Å². The van der Waals surface area contributed by atoms with E-state index in [1.165, 1.54) is 11.1 Å². The van der Waals surface area contributed by atoms with Gasteiger partial charge in [0.1, 0.15) is 5.75 Å². The molecule has 0 aliphatic heterocycles. The van der Waals surface area contributed by atoms with Gasteiger partial charge in [-0.2, -0.15) is 0 Å². The topological polar surface area (TPSA) is 34.2 Å². The summed E-state index contributed by atoms with van der Waals surface area (Å²) in [5.41, 5.74) is 3.63. The summed E-state index contributed by atoms with van der Waals surface area (Å²) in [6, 6.07) is 10.8. The normalized spacial score (nSPS) is 12.4. The van der Waals surface area contributed by atoms with Gasteiger partial charge in [0.25, 0.3) is 0 Å². The molecule has 1 N–H and O–H groups in total. The summed E-state index contributed by atoms with van der Waals surface area (Å²) >= 11 is 0. The number of ether oxygens (including phenoxy) is 1. The second kappa shape index (κ2) is 7.23. The first-order chi connectivity index (χ1) is 10.1. The van der Waals surface area contributed by atoms with Crippen molar-refractivity contribution in [2.75, 3.05) is 6.54 Å². The first kappa shape index (κ1) is 15.5. The zero-order valence-electron chi connectivity index (χ0n) is 13.3. The summed E-state index contributed by atoms with van der Waals surface area (Å²) in [7, 11) is 0. The van der Waals surface area contributed by atoms with Gasteiger partial charge >= 0.3 is 0 Å². The van der Waals surface area contributed by atoms with Crippen molar-refractivity contribution < 1.29 is 4.74 Å². The summed E-state index contributed by atoms with van der Waals surface area (Å²) in [5, 5.41) is 3.52. The van der Waals surface area contributed by atoms with E-state index in [9.17, 15) is 0 Å². The molecule has 21 heavy (non-hydrogen) atoms. The van der Waals surface area contributed by atoms with Crippen LogP contribution >= 0.6 is 0 Å². The molecule has 1 unspecified atom stereocenters. The molecule has 0 aliphatic carbocycles. The van der Waals surface area contributed by atoms with E-state index in [0.717, 1.165) is 17.9 Å². The van der Waals surface area contributed by atoms with E-state index in [1.807, 2.05) is 20.0 Å². The molecule has 3 nitrogen and oxygen atoms in total. The lowest BCUT2D eigenvalue weighted by atomic mass is 9.99. The number of pyridine rings is 1. The number of hydrogen-bond acceptors (Lipinski definition) is 3. The average Bonchev–Trinajstić information content (AvgIpc) is 2.45. The minimum atomic E-state index is 0.138.